The number of hydrogen-bond donors (Lipinski definition) is 0. The molecule has 2 aromatic carbocycles. The van der Waals surface area contributed by atoms with Gasteiger partial charge in [-0.15, -0.1) is 0 Å². The van der Waals surface area contributed by atoms with E-state index in [-0.39, 0.29) is 26.0 Å². The van der Waals surface area contributed by atoms with E-state index in [0.717, 1.165) is 24.0 Å². The Labute approximate surface area is 180 Å². The molecule has 0 fully saturated rings. The van der Waals surface area contributed by atoms with Crippen LogP contribution in [0, 0.1) is 0 Å². The average molecular weight is 545 g/mol. The lowest BCUT2D eigenvalue weighted by atomic mass is 9.99. The van der Waals surface area contributed by atoms with Gasteiger partial charge in [0.1, 0.15) is 0 Å². The summed E-state index contributed by atoms with van der Waals surface area (Å²) in [6.07, 6.45) is 1.53. The summed E-state index contributed by atoms with van der Waals surface area (Å²) in [5, 5.41) is 0. The largest absolute Gasteiger partial charge is 0.293 e. The molecule has 26 heavy (non-hydrogen) atoms. The fourth-order valence-electron chi connectivity index (χ4n) is 2.56. The third-order valence-electron chi connectivity index (χ3n) is 4.26. The lowest BCUT2D eigenvalue weighted by Crippen LogP contribution is -2.13. The Kier molecular flexibility index (Phi) is 8.24. The van der Waals surface area contributed by atoms with Crippen molar-refractivity contribution in [1.82, 2.24) is 0 Å². The Morgan fingerprint density at radius 1 is 0.692 bits per heavy atom. The van der Waals surface area contributed by atoms with Crippen molar-refractivity contribution in [1.29, 1.82) is 0 Å². The third kappa shape index (κ3) is 5.14. The van der Waals surface area contributed by atoms with Crippen LogP contribution in [0.25, 0.3) is 0 Å². The van der Waals surface area contributed by atoms with E-state index < -0.39 is 0 Å². The predicted molar refractivity (Wildman–Crippen MR) is 118 cm³/mol. The molecule has 0 saturated heterocycles. The predicted octanol–water partition coefficient (Wildman–Crippen LogP) is 6.88. The molecule has 2 nitrogen and oxygen atoms in total. The third-order valence-corrected chi connectivity index (χ3v) is 7.45. The number of rotatable bonds is 8. The van der Waals surface area contributed by atoms with Crippen molar-refractivity contribution in [3.8, 4) is 0 Å². The first-order valence-electron chi connectivity index (χ1n) is 8.59. The molecule has 2 aromatic rings. The van der Waals surface area contributed by atoms with Crippen molar-refractivity contribution >= 4 is 59.4 Å². The van der Waals surface area contributed by atoms with Gasteiger partial charge in [0.05, 0.1) is 14.5 Å². The minimum Gasteiger partial charge on any atom is -0.293 e. The Balaban J connectivity index is 2.15. The van der Waals surface area contributed by atoms with E-state index in [1.54, 1.807) is 0 Å². The Morgan fingerprint density at radius 3 is 1.27 bits per heavy atom. The Bertz CT molecular complexity index is 688. The smallest absolute Gasteiger partial charge is 0.176 e. The van der Waals surface area contributed by atoms with Crippen molar-refractivity contribution in [2.24, 2.45) is 0 Å². The summed E-state index contributed by atoms with van der Waals surface area (Å²) in [6.45, 7) is 3.96. The molecule has 0 bridgehead atoms. The normalized spacial score (nSPS) is 14.5. The Morgan fingerprint density at radius 2 is 1.00 bits per heavy atom. The van der Waals surface area contributed by atoms with Gasteiger partial charge in [0.25, 0.3) is 0 Å². The fourth-order valence-corrected chi connectivity index (χ4v) is 3.70. The second kappa shape index (κ2) is 9.95. The number of carbonyl (C=O) groups is 2. The number of ketones is 2. The van der Waals surface area contributed by atoms with Crippen LogP contribution in [0.5, 0.6) is 0 Å². The van der Waals surface area contributed by atoms with Gasteiger partial charge >= 0.3 is 0 Å². The highest BCUT2D eigenvalue weighted by Crippen LogP contribution is 2.31. The zero-order valence-electron chi connectivity index (χ0n) is 14.7. The number of halogens is 3. The van der Waals surface area contributed by atoms with Gasteiger partial charge in [-0.2, -0.15) is 0 Å². The molecule has 2 atom stereocenters. The number of hydrogen-bond acceptors (Lipinski definition) is 2. The van der Waals surface area contributed by atoms with Gasteiger partial charge in [0.15, 0.2) is 11.6 Å². The first-order chi connectivity index (χ1) is 12.4. The van der Waals surface area contributed by atoms with Crippen LogP contribution >= 0.6 is 47.8 Å². The quantitative estimate of drug-likeness (QED) is 0.268. The number of carbonyl (C=O) groups excluding carboxylic acids is 2. The van der Waals surface area contributed by atoms with E-state index >= 15 is 0 Å². The van der Waals surface area contributed by atoms with Crippen LogP contribution in [0.3, 0.4) is 0 Å². The lowest BCUT2D eigenvalue weighted by molar-refractivity contribution is 0.0982. The van der Waals surface area contributed by atoms with Gasteiger partial charge < -0.3 is 0 Å². The van der Waals surface area contributed by atoms with Gasteiger partial charge in [-0.25, -0.2) is 0 Å². The second-order valence-corrected chi connectivity index (χ2v) is 9.21. The molecule has 0 saturated carbocycles. The van der Waals surface area contributed by atoms with Crippen LogP contribution in [0.1, 0.15) is 63.4 Å². The first kappa shape index (κ1) is 21.5. The van der Waals surface area contributed by atoms with Crippen molar-refractivity contribution < 1.29 is 9.59 Å². The topological polar surface area (TPSA) is 34.1 Å². The highest BCUT2D eigenvalue weighted by Gasteiger charge is 2.18. The van der Waals surface area contributed by atoms with E-state index in [1.807, 2.05) is 62.4 Å². The number of Topliss-reactive ketones (excluding diaryl/α,β-unsaturated/α-hetero) is 2. The summed E-state index contributed by atoms with van der Waals surface area (Å²) in [5.74, 6) is 0.210. The zero-order chi connectivity index (χ0) is 19.3. The highest BCUT2D eigenvalue weighted by atomic mass is 79.9. The highest BCUT2D eigenvalue weighted by molar-refractivity contribution is 9.10. The molecule has 0 aliphatic heterocycles. The maximum absolute atomic E-state index is 12.2. The van der Waals surface area contributed by atoms with Gasteiger partial charge in [-0.05, 0) is 24.0 Å². The van der Waals surface area contributed by atoms with Gasteiger partial charge in [0.2, 0.25) is 0 Å². The van der Waals surface area contributed by atoms with Gasteiger partial charge in [-0.1, -0.05) is 110 Å². The minimum absolute atomic E-state index is 0.00712. The average Bonchev–Trinajstić information content (AvgIpc) is 2.71. The standard InChI is InChI=1S/C21H21Br3O2/c1-3-17(22)20(25)15-9-5-13(6-10-15)19(24)14-7-11-16(12-8-14)21(26)18(23)4-2/h5-12,17-19H,3-4H2,1-2H3. The summed E-state index contributed by atoms with van der Waals surface area (Å²) in [5.41, 5.74) is 3.55. The maximum atomic E-state index is 12.2. The molecule has 2 rings (SSSR count). The fraction of sp³-hybridized carbons (Fsp3) is 0.333. The summed E-state index contributed by atoms with van der Waals surface area (Å²) in [4.78, 5) is 24.2. The molecule has 0 radical (unpaired) electrons. The molecule has 0 aliphatic carbocycles. The zero-order valence-corrected chi connectivity index (χ0v) is 19.5. The maximum Gasteiger partial charge on any atom is 0.176 e. The molecule has 2 unspecified atom stereocenters. The second-order valence-electron chi connectivity index (χ2n) is 6.09. The van der Waals surface area contributed by atoms with E-state index in [9.17, 15) is 9.59 Å². The van der Waals surface area contributed by atoms with E-state index in [4.69, 9.17) is 0 Å². The van der Waals surface area contributed by atoms with Crippen LogP contribution < -0.4 is 0 Å². The molecule has 0 aliphatic rings. The van der Waals surface area contributed by atoms with E-state index in [2.05, 4.69) is 47.8 Å². The SMILES string of the molecule is CCC(Br)C(=O)c1ccc(C(Br)c2ccc(C(=O)C(Br)CC)cc2)cc1. The molecule has 0 heterocycles. The van der Waals surface area contributed by atoms with E-state index in [0.29, 0.717) is 11.1 Å². The Hall–Kier alpha value is -0.780. The van der Waals surface area contributed by atoms with Crippen molar-refractivity contribution in [3.05, 3.63) is 70.8 Å². The molecule has 0 aromatic heterocycles. The monoisotopic (exact) mass is 542 g/mol. The molecule has 0 N–H and O–H groups in total. The molecular formula is C21H21Br3O2. The summed E-state index contributed by atoms with van der Waals surface area (Å²) >= 11 is 10.5. The van der Waals surface area contributed by atoms with Crippen molar-refractivity contribution in [3.63, 3.8) is 0 Å². The lowest BCUT2D eigenvalue weighted by Gasteiger charge is -2.13. The van der Waals surface area contributed by atoms with Crippen molar-refractivity contribution in [2.75, 3.05) is 0 Å². The summed E-state index contributed by atoms with van der Waals surface area (Å²) in [6, 6.07) is 15.3. The van der Waals surface area contributed by atoms with Crippen LogP contribution in [-0.4, -0.2) is 21.2 Å². The van der Waals surface area contributed by atoms with Crippen LogP contribution in [0.4, 0.5) is 0 Å². The van der Waals surface area contributed by atoms with E-state index in [1.165, 1.54) is 0 Å². The van der Waals surface area contributed by atoms with Gasteiger partial charge in [-0.3, -0.25) is 9.59 Å². The van der Waals surface area contributed by atoms with Crippen LogP contribution in [-0.2, 0) is 0 Å². The van der Waals surface area contributed by atoms with Crippen LogP contribution in [0.2, 0.25) is 0 Å². The molecule has 5 heteroatoms. The summed E-state index contributed by atoms with van der Waals surface area (Å²) in [7, 11) is 0. The van der Waals surface area contributed by atoms with Crippen LogP contribution in [0.15, 0.2) is 48.5 Å². The van der Waals surface area contributed by atoms with Crippen molar-refractivity contribution in [2.45, 2.75) is 41.2 Å². The van der Waals surface area contributed by atoms with Gasteiger partial charge in [0, 0.05) is 11.1 Å². The number of benzene rings is 2. The molecule has 0 amide bonds. The number of alkyl halides is 3. The molecular weight excluding hydrogens is 524 g/mol. The molecule has 0 spiro atoms. The first-order valence-corrected chi connectivity index (χ1v) is 11.3. The molecule has 138 valence electrons. The summed E-state index contributed by atoms with van der Waals surface area (Å²) < 4.78 is 0. The minimum atomic E-state index is -0.139.